The number of nitrogens with one attached hydrogen (secondary N) is 2. The predicted octanol–water partition coefficient (Wildman–Crippen LogP) is 3.93. The third-order valence-corrected chi connectivity index (χ3v) is 5.49. The van der Waals surface area contributed by atoms with Crippen molar-refractivity contribution in [1.82, 2.24) is 4.90 Å². The fourth-order valence-electron chi connectivity index (χ4n) is 3.49. The number of ether oxygens (including phenoxy) is 1. The average molecular weight is 438 g/mol. The third-order valence-electron chi connectivity index (χ3n) is 5.49. The van der Waals surface area contributed by atoms with E-state index in [0.717, 1.165) is 5.75 Å². The molecule has 2 aromatic carbocycles. The molecule has 0 aliphatic carbocycles. The number of carbonyl (C=O) groups is 3. The van der Waals surface area contributed by atoms with Crippen LogP contribution < -0.4 is 15.4 Å². The zero-order valence-electron chi connectivity index (χ0n) is 18.7. The molecule has 32 heavy (non-hydrogen) atoms. The zero-order valence-corrected chi connectivity index (χ0v) is 18.7. The Morgan fingerprint density at radius 3 is 2.12 bits per heavy atom. The van der Waals surface area contributed by atoms with Crippen LogP contribution in [-0.2, 0) is 14.4 Å². The number of amides is 3. The molecule has 0 bridgehead atoms. The molecule has 0 saturated carbocycles. The van der Waals surface area contributed by atoms with Crippen molar-refractivity contribution in [2.75, 3.05) is 30.3 Å². The first-order chi connectivity index (χ1) is 15.4. The Bertz CT molecular complexity index is 905. The quantitative estimate of drug-likeness (QED) is 0.655. The summed E-state index contributed by atoms with van der Waals surface area (Å²) in [6.45, 7) is 5.16. The van der Waals surface area contributed by atoms with E-state index < -0.39 is 0 Å². The SMILES string of the molecule is CC(C)C(=O)Nc1ccc(NC(=O)C2CCN(C(=O)CCOc3ccccc3)CC2)cc1. The van der Waals surface area contributed by atoms with Crippen molar-refractivity contribution in [2.24, 2.45) is 11.8 Å². The number of rotatable bonds is 8. The molecule has 0 radical (unpaired) electrons. The molecule has 0 aromatic heterocycles. The summed E-state index contributed by atoms with van der Waals surface area (Å²) in [5.74, 6) is 0.506. The van der Waals surface area contributed by atoms with Crippen LogP contribution in [0.4, 0.5) is 11.4 Å². The highest BCUT2D eigenvalue weighted by molar-refractivity contribution is 5.94. The third kappa shape index (κ3) is 6.83. The average Bonchev–Trinajstić information content (AvgIpc) is 2.81. The Hall–Kier alpha value is -3.35. The fraction of sp³-hybridized carbons (Fsp3) is 0.400. The summed E-state index contributed by atoms with van der Waals surface area (Å²) in [7, 11) is 0. The van der Waals surface area contributed by atoms with Gasteiger partial charge in [-0.15, -0.1) is 0 Å². The van der Waals surface area contributed by atoms with Gasteiger partial charge in [0, 0.05) is 36.3 Å². The van der Waals surface area contributed by atoms with Crippen LogP contribution in [0.5, 0.6) is 5.75 Å². The molecule has 170 valence electrons. The van der Waals surface area contributed by atoms with Gasteiger partial charge in [0.05, 0.1) is 13.0 Å². The lowest BCUT2D eigenvalue weighted by molar-refractivity contribution is -0.135. The van der Waals surface area contributed by atoms with E-state index in [1.807, 2.05) is 49.1 Å². The second-order valence-corrected chi connectivity index (χ2v) is 8.28. The van der Waals surface area contributed by atoms with Crippen molar-refractivity contribution in [3.05, 3.63) is 54.6 Å². The van der Waals surface area contributed by atoms with Gasteiger partial charge in [0.2, 0.25) is 17.7 Å². The van der Waals surface area contributed by atoms with E-state index in [9.17, 15) is 14.4 Å². The number of likely N-dealkylation sites (tertiary alicyclic amines) is 1. The highest BCUT2D eigenvalue weighted by Gasteiger charge is 2.27. The Morgan fingerprint density at radius 1 is 0.938 bits per heavy atom. The lowest BCUT2D eigenvalue weighted by Gasteiger charge is -2.31. The summed E-state index contributed by atoms with van der Waals surface area (Å²) < 4.78 is 5.60. The van der Waals surface area contributed by atoms with Crippen molar-refractivity contribution in [3.63, 3.8) is 0 Å². The first-order valence-corrected chi connectivity index (χ1v) is 11.1. The molecule has 7 heteroatoms. The molecule has 0 atom stereocenters. The fourth-order valence-corrected chi connectivity index (χ4v) is 3.49. The van der Waals surface area contributed by atoms with Crippen molar-refractivity contribution < 1.29 is 19.1 Å². The number of hydrogen-bond acceptors (Lipinski definition) is 4. The molecule has 1 saturated heterocycles. The first-order valence-electron chi connectivity index (χ1n) is 11.1. The van der Waals surface area contributed by atoms with Crippen LogP contribution in [0.15, 0.2) is 54.6 Å². The maximum Gasteiger partial charge on any atom is 0.227 e. The minimum absolute atomic E-state index is 0.0384. The van der Waals surface area contributed by atoms with E-state index in [1.165, 1.54) is 0 Å². The molecule has 1 aliphatic heterocycles. The number of anilines is 2. The van der Waals surface area contributed by atoms with Gasteiger partial charge >= 0.3 is 0 Å². The number of hydrogen-bond donors (Lipinski definition) is 2. The topological polar surface area (TPSA) is 87.7 Å². The van der Waals surface area contributed by atoms with Gasteiger partial charge in [-0.3, -0.25) is 14.4 Å². The molecule has 0 spiro atoms. The van der Waals surface area contributed by atoms with E-state index in [1.54, 1.807) is 24.3 Å². The second kappa shape index (κ2) is 11.3. The van der Waals surface area contributed by atoms with Gasteiger partial charge in [0.25, 0.3) is 0 Å². The molecule has 2 N–H and O–H groups in total. The van der Waals surface area contributed by atoms with E-state index >= 15 is 0 Å². The minimum Gasteiger partial charge on any atom is -0.493 e. The van der Waals surface area contributed by atoms with E-state index in [4.69, 9.17) is 4.74 Å². The number of nitrogens with zero attached hydrogens (tertiary/aromatic N) is 1. The number of benzene rings is 2. The summed E-state index contributed by atoms with van der Waals surface area (Å²) in [6, 6.07) is 16.5. The summed E-state index contributed by atoms with van der Waals surface area (Å²) >= 11 is 0. The first kappa shape index (κ1) is 23.3. The Kier molecular flexibility index (Phi) is 8.25. The molecule has 7 nitrogen and oxygen atoms in total. The van der Waals surface area contributed by atoms with Crippen molar-refractivity contribution in [2.45, 2.75) is 33.1 Å². The van der Waals surface area contributed by atoms with Crippen molar-refractivity contribution in [1.29, 1.82) is 0 Å². The Balaban J connectivity index is 1.39. The van der Waals surface area contributed by atoms with Gasteiger partial charge in [-0.05, 0) is 49.2 Å². The molecular weight excluding hydrogens is 406 g/mol. The number of para-hydroxylation sites is 1. The van der Waals surface area contributed by atoms with E-state index in [0.29, 0.717) is 50.3 Å². The number of carbonyl (C=O) groups excluding carboxylic acids is 3. The molecule has 3 rings (SSSR count). The zero-order chi connectivity index (χ0) is 22.9. The molecule has 1 heterocycles. The summed E-state index contributed by atoms with van der Waals surface area (Å²) in [5, 5.41) is 5.76. The van der Waals surface area contributed by atoms with Gasteiger partial charge < -0.3 is 20.3 Å². The predicted molar refractivity (Wildman–Crippen MR) is 124 cm³/mol. The van der Waals surface area contributed by atoms with Crippen LogP contribution >= 0.6 is 0 Å². The molecule has 1 fully saturated rings. The lowest BCUT2D eigenvalue weighted by atomic mass is 9.95. The number of piperidine rings is 1. The van der Waals surface area contributed by atoms with Crippen molar-refractivity contribution >= 4 is 29.1 Å². The monoisotopic (exact) mass is 437 g/mol. The Morgan fingerprint density at radius 2 is 1.53 bits per heavy atom. The van der Waals surface area contributed by atoms with Gasteiger partial charge in [-0.1, -0.05) is 32.0 Å². The maximum atomic E-state index is 12.6. The normalized spacial score (nSPS) is 14.2. The summed E-state index contributed by atoms with van der Waals surface area (Å²) in [6.07, 6.45) is 1.60. The van der Waals surface area contributed by atoms with Crippen LogP contribution in [0.25, 0.3) is 0 Å². The standard InChI is InChI=1S/C25H31N3O4/c1-18(2)24(30)26-20-8-10-21(11-9-20)27-25(31)19-12-15-28(16-13-19)23(29)14-17-32-22-6-4-3-5-7-22/h3-11,18-19H,12-17H2,1-2H3,(H,26,30)(H,27,31). The molecule has 0 unspecified atom stereocenters. The van der Waals surface area contributed by atoms with E-state index in [2.05, 4.69) is 10.6 Å². The van der Waals surface area contributed by atoms with Crippen LogP contribution in [0.1, 0.15) is 33.1 Å². The van der Waals surface area contributed by atoms with E-state index in [-0.39, 0.29) is 29.6 Å². The van der Waals surface area contributed by atoms with Crippen molar-refractivity contribution in [3.8, 4) is 5.75 Å². The Labute approximate surface area is 189 Å². The van der Waals surface area contributed by atoms with Crippen LogP contribution in [0, 0.1) is 11.8 Å². The highest BCUT2D eigenvalue weighted by atomic mass is 16.5. The largest absolute Gasteiger partial charge is 0.493 e. The minimum atomic E-state index is -0.125. The van der Waals surface area contributed by atoms with Crippen LogP contribution in [-0.4, -0.2) is 42.3 Å². The lowest BCUT2D eigenvalue weighted by Crippen LogP contribution is -2.41. The molecule has 3 amide bonds. The van der Waals surface area contributed by atoms with Gasteiger partial charge in [0.15, 0.2) is 0 Å². The molecular formula is C25H31N3O4. The molecule has 2 aromatic rings. The highest BCUT2D eigenvalue weighted by Crippen LogP contribution is 2.21. The molecule has 1 aliphatic rings. The smallest absolute Gasteiger partial charge is 0.227 e. The van der Waals surface area contributed by atoms with Gasteiger partial charge in [-0.2, -0.15) is 0 Å². The van der Waals surface area contributed by atoms with Crippen LogP contribution in [0.3, 0.4) is 0 Å². The summed E-state index contributed by atoms with van der Waals surface area (Å²) in [4.78, 5) is 38.6. The van der Waals surface area contributed by atoms with Gasteiger partial charge in [-0.25, -0.2) is 0 Å². The summed E-state index contributed by atoms with van der Waals surface area (Å²) in [5.41, 5.74) is 1.39. The second-order valence-electron chi connectivity index (χ2n) is 8.28. The van der Waals surface area contributed by atoms with Gasteiger partial charge in [0.1, 0.15) is 5.75 Å². The maximum absolute atomic E-state index is 12.6. The van der Waals surface area contributed by atoms with Crippen LogP contribution in [0.2, 0.25) is 0 Å².